The summed E-state index contributed by atoms with van der Waals surface area (Å²) in [5.74, 6) is 0.281. The molecule has 3 rings (SSSR count). The van der Waals surface area contributed by atoms with Crippen molar-refractivity contribution in [3.63, 3.8) is 0 Å². The van der Waals surface area contributed by atoms with E-state index in [2.05, 4.69) is 47.5 Å². The fraction of sp³-hybridized carbons (Fsp3) is 0.667. The molecule has 1 aromatic rings. The van der Waals surface area contributed by atoms with Crippen LogP contribution in [0.15, 0.2) is 30.3 Å². The van der Waals surface area contributed by atoms with Crippen LogP contribution in [0.1, 0.15) is 57.4 Å². The maximum atomic E-state index is 12.4. The lowest BCUT2D eigenvalue weighted by Crippen LogP contribution is -2.49. The third-order valence-electron chi connectivity index (χ3n) is 5.92. The summed E-state index contributed by atoms with van der Waals surface area (Å²) in [5, 5.41) is 13.3. The van der Waals surface area contributed by atoms with Crippen molar-refractivity contribution >= 4 is 5.91 Å². The van der Waals surface area contributed by atoms with Gasteiger partial charge in [0, 0.05) is 31.6 Å². The molecule has 2 N–H and O–H groups in total. The summed E-state index contributed by atoms with van der Waals surface area (Å²) >= 11 is 0. The van der Waals surface area contributed by atoms with Gasteiger partial charge in [0.15, 0.2) is 0 Å². The van der Waals surface area contributed by atoms with Crippen LogP contribution in [0.3, 0.4) is 0 Å². The Bertz CT molecular complexity index is 548. The van der Waals surface area contributed by atoms with Crippen molar-refractivity contribution in [1.82, 2.24) is 10.2 Å². The van der Waals surface area contributed by atoms with Gasteiger partial charge in [0.2, 0.25) is 5.91 Å². The van der Waals surface area contributed by atoms with E-state index in [0.29, 0.717) is 12.5 Å². The summed E-state index contributed by atoms with van der Waals surface area (Å²) in [6, 6.07) is 11.3. The van der Waals surface area contributed by atoms with Crippen molar-refractivity contribution in [3.05, 3.63) is 35.9 Å². The molecule has 0 radical (unpaired) electrons. The van der Waals surface area contributed by atoms with Crippen molar-refractivity contribution in [1.29, 1.82) is 0 Å². The van der Waals surface area contributed by atoms with Crippen molar-refractivity contribution in [2.75, 3.05) is 6.54 Å². The lowest BCUT2D eigenvalue weighted by molar-refractivity contribution is -0.124. The van der Waals surface area contributed by atoms with Gasteiger partial charge in [-0.25, -0.2) is 0 Å². The van der Waals surface area contributed by atoms with Crippen LogP contribution in [-0.2, 0) is 11.3 Å². The van der Waals surface area contributed by atoms with E-state index in [1.165, 1.54) is 5.56 Å². The van der Waals surface area contributed by atoms with Crippen LogP contribution in [0.25, 0.3) is 0 Å². The third-order valence-corrected chi connectivity index (χ3v) is 5.92. The number of hydrogen-bond acceptors (Lipinski definition) is 3. The summed E-state index contributed by atoms with van der Waals surface area (Å²) in [6.07, 6.45) is 6.29. The Balaban J connectivity index is 1.43. The van der Waals surface area contributed by atoms with Crippen LogP contribution in [0.4, 0.5) is 0 Å². The fourth-order valence-corrected chi connectivity index (χ4v) is 4.36. The Kier molecular flexibility index (Phi) is 6.49. The zero-order valence-corrected chi connectivity index (χ0v) is 15.4. The number of carbonyl (C=O) groups is 1. The number of nitrogens with one attached hydrogen (secondary N) is 1. The van der Waals surface area contributed by atoms with Gasteiger partial charge >= 0.3 is 0 Å². The highest BCUT2D eigenvalue weighted by molar-refractivity contribution is 5.76. The zero-order chi connectivity index (χ0) is 17.6. The second-order valence-corrected chi connectivity index (χ2v) is 7.91. The lowest BCUT2D eigenvalue weighted by atomic mass is 9.84. The molecule has 0 aromatic heterocycles. The van der Waals surface area contributed by atoms with Gasteiger partial charge < -0.3 is 10.4 Å². The Morgan fingerprint density at radius 3 is 2.68 bits per heavy atom. The molecule has 0 unspecified atom stereocenters. The highest BCUT2D eigenvalue weighted by Gasteiger charge is 2.29. The van der Waals surface area contributed by atoms with Gasteiger partial charge in [-0.15, -0.1) is 0 Å². The summed E-state index contributed by atoms with van der Waals surface area (Å²) in [4.78, 5) is 14.9. The fourth-order valence-electron chi connectivity index (χ4n) is 4.36. The minimum atomic E-state index is -0.286. The number of carbonyl (C=O) groups excluding carboxylic acids is 1. The number of nitrogens with zero attached hydrogens (tertiary/aromatic N) is 1. The summed E-state index contributed by atoms with van der Waals surface area (Å²) in [7, 11) is 0. The molecule has 0 bridgehead atoms. The number of aliphatic hydroxyl groups excluding tert-OH is 1. The molecule has 4 heteroatoms. The van der Waals surface area contributed by atoms with Crippen LogP contribution in [0.5, 0.6) is 0 Å². The van der Waals surface area contributed by atoms with E-state index in [9.17, 15) is 9.90 Å². The first-order valence-electron chi connectivity index (χ1n) is 9.87. The predicted octanol–water partition coefficient (Wildman–Crippen LogP) is 3.10. The molecule has 1 aliphatic heterocycles. The SMILES string of the molecule is C[C@@H]1C[C@@H](NC(=O)C[C@@H]2CCCC[C@H]2O)CCN1Cc1ccccc1. The number of benzene rings is 1. The molecular weight excluding hydrogens is 312 g/mol. The topological polar surface area (TPSA) is 52.6 Å². The number of rotatable bonds is 5. The molecular formula is C21H32N2O2. The Labute approximate surface area is 151 Å². The van der Waals surface area contributed by atoms with Crippen LogP contribution >= 0.6 is 0 Å². The molecule has 1 saturated heterocycles. The molecule has 138 valence electrons. The van der Waals surface area contributed by atoms with E-state index >= 15 is 0 Å². The van der Waals surface area contributed by atoms with Gasteiger partial charge in [-0.3, -0.25) is 9.69 Å². The number of amides is 1. The van der Waals surface area contributed by atoms with Gasteiger partial charge in [-0.1, -0.05) is 43.2 Å². The monoisotopic (exact) mass is 344 g/mol. The Hall–Kier alpha value is -1.39. The molecule has 2 aliphatic rings. The van der Waals surface area contributed by atoms with E-state index in [4.69, 9.17) is 0 Å². The summed E-state index contributed by atoms with van der Waals surface area (Å²) in [5.41, 5.74) is 1.35. The van der Waals surface area contributed by atoms with E-state index in [1.807, 2.05) is 0 Å². The normalized spacial score (nSPS) is 30.8. The van der Waals surface area contributed by atoms with E-state index < -0.39 is 0 Å². The Morgan fingerprint density at radius 2 is 1.96 bits per heavy atom. The first-order chi connectivity index (χ1) is 12.1. The second-order valence-electron chi connectivity index (χ2n) is 7.91. The molecule has 1 heterocycles. The quantitative estimate of drug-likeness (QED) is 0.863. The maximum absolute atomic E-state index is 12.4. The Morgan fingerprint density at radius 1 is 1.20 bits per heavy atom. The standard InChI is InChI=1S/C21H32N2O2/c1-16-13-19(11-12-23(16)15-17-7-3-2-4-8-17)22-21(25)14-18-9-5-6-10-20(18)24/h2-4,7-8,16,18-20,24H,5-6,9-15H2,1H3,(H,22,25)/t16-,18+,19+,20-/m1/s1. The van der Waals surface area contributed by atoms with Crippen LogP contribution in [-0.4, -0.2) is 40.6 Å². The average molecular weight is 344 g/mol. The van der Waals surface area contributed by atoms with Crippen molar-refractivity contribution in [3.8, 4) is 0 Å². The van der Waals surface area contributed by atoms with Gasteiger partial charge in [0.25, 0.3) is 0 Å². The third kappa shape index (κ3) is 5.29. The number of hydrogen-bond donors (Lipinski definition) is 2. The first-order valence-corrected chi connectivity index (χ1v) is 9.87. The minimum Gasteiger partial charge on any atom is -0.393 e. The molecule has 1 aromatic carbocycles. The smallest absolute Gasteiger partial charge is 0.220 e. The molecule has 1 amide bonds. The molecule has 2 fully saturated rings. The zero-order valence-electron chi connectivity index (χ0n) is 15.4. The summed E-state index contributed by atoms with van der Waals surface area (Å²) < 4.78 is 0. The van der Waals surface area contributed by atoms with Crippen LogP contribution in [0.2, 0.25) is 0 Å². The average Bonchev–Trinajstić information content (AvgIpc) is 2.60. The van der Waals surface area contributed by atoms with E-state index in [-0.39, 0.29) is 24.0 Å². The van der Waals surface area contributed by atoms with Crippen molar-refractivity contribution in [2.45, 2.75) is 76.6 Å². The maximum Gasteiger partial charge on any atom is 0.220 e. The molecule has 1 aliphatic carbocycles. The first kappa shape index (κ1) is 18.4. The van der Waals surface area contributed by atoms with E-state index in [0.717, 1.165) is 51.6 Å². The molecule has 0 spiro atoms. The van der Waals surface area contributed by atoms with Crippen molar-refractivity contribution < 1.29 is 9.90 Å². The molecule has 4 atom stereocenters. The summed E-state index contributed by atoms with van der Waals surface area (Å²) in [6.45, 7) is 4.26. The molecule has 25 heavy (non-hydrogen) atoms. The molecule has 4 nitrogen and oxygen atoms in total. The number of piperidine rings is 1. The minimum absolute atomic E-state index is 0.125. The van der Waals surface area contributed by atoms with Gasteiger partial charge in [0.05, 0.1) is 6.10 Å². The highest BCUT2D eigenvalue weighted by Crippen LogP contribution is 2.27. The predicted molar refractivity (Wildman–Crippen MR) is 100 cm³/mol. The van der Waals surface area contributed by atoms with Gasteiger partial charge in [-0.05, 0) is 44.1 Å². The van der Waals surface area contributed by atoms with E-state index in [1.54, 1.807) is 0 Å². The second kappa shape index (κ2) is 8.81. The highest BCUT2D eigenvalue weighted by atomic mass is 16.3. The lowest BCUT2D eigenvalue weighted by Gasteiger charge is -2.38. The van der Waals surface area contributed by atoms with Gasteiger partial charge in [0.1, 0.15) is 0 Å². The van der Waals surface area contributed by atoms with Crippen LogP contribution < -0.4 is 5.32 Å². The largest absolute Gasteiger partial charge is 0.393 e. The van der Waals surface area contributed by atoms with Crippen LogP contribution in [0, 0.1) is 5.92 Å². The number of likely N-dealkylation sites (tertiary alicyclic amines) is 1. The number of aliphatic hydroxyl groups is 1. The van der Waals surface area contributed by atoms with Crippen molar-refractivity contribution in [2.24, 2.45) is 5.92 Å². The molecule has 1 saturated carbocycles. The van der Waals surface area contributed by atoms with Gasteiger partial charge in [-0.2, -0.15) is 0 Å².